The van der Waals surface area contributed by atoms with Crippen molar-refractivity contribution in [1.29, 1.82) is 0 Å². The molecule has 0 bridgehead atoms. The monoisotopic (exact) mass is 477 g/mol. The van der Waals surface area contributed by atoms with E-state index in [1.54, 1.807) is 0 Å². The zero-order valence-electron chi connectivity index (χ0n) is 16.4. The van der Waals surface area contributed by atoms with Crippen LogP contribution in [0.25, 0.3) is 22.0 Å². The van der Waals surface area contributed by atoms with E-state index in [1.165, 1.54) is 17.8 Å². The SMILES string of the molecule is Cc1ccc(-c2noc(CSc3nnc(-c4c(C(N)=O)cccc4C(F)(F)F)s3)n2)cc1. The molecule has 4 rings (SSSR count). The topological polar surface area (TPSA) is 108 Å². The van der Waals surface area contributed by atoms with Gasteiger partial charge in [0.2, 0.25) is 17.6 Å². The number of amides is 1. The fourth-order valence-corrected chi connectivity index (χ4v) is 4.61. The molecule has 0 aliphatic carbocycles. The Morgan fingerprint density at radius 1 is 1.16 bits per heavy atom. The third-order valence-electron chi connectivity index (χ3n) is 4.35. The van der Waals surface area contributed by atoms with Gasteiger partial charge in [0.15, 0.2) is 4.34 Å². The first kappa shape index (κ1) is 22.0. The number of carbonyl (C=O) groups excluding carboxylic acids is 1. The summed E-state index contributed by atoms with van der Waals surface area (Å²) in [7, 11) is 0. The van der Waals surface area contributed by atoms with E-state index in [9.17, 15) is 18.0 Å². The van der Waals surface area contributed by atoms with Crippen molar-refractivity contribution in [1.82, 2.24) is 20.3 Å². The van der Waals surface area contributed by atoms with Crippen LogP contribution in [0.2, 0.25) is 0 Å². The standard InChI is InChI=1S/C20H14F3N5O2S2/c1-10-5-7-11(8-6-10)17-25-14(30-28-17)9-31-19-27-26-18(32-19)15-12(16(24)29)3-2-4-13(15)20(21,22)23/h2-8H,9H2,1H3,(H2,24,29). The number of benzene rings is 2. The third-order valence-corrected chi connectivity index (χ3v) is 6.41. The molecule has 0 radical (unpaired) electrons. The number of thioether (sulfide) groups is 1. The number of aryl methyl sites for hydroxylation is 1. The van der Waals surface area contributed by atoms with Crippen molar-refractivity contribution in [2.45, 2.75) is 23.2 Å². The van der Waals surface area contributed by atoms with Gasteiger partial charge in [0.1, 0.15) is 5.01 Å². The fraction of sp³-hybridized carbons (Fsp3) is 0.150. The van der Waals surface area contributed by atoms with E-state index in [0.29, 0.717) is 16.1 Å². The maximum Gasteiger partial charge on any atom is 0.417 e. The largest absolute Gasteiger partial charge is 0.417 e. The third kappa shape index (κ3) is 4.65. The molecule has 32 heavy (non-hydrogen) atoms. The van der Waals surface area contributed by atoms with E-state index < -0.39 is 17.6 Å². The molecular weight excluding hydrogens is 463 g/mol. The molecule has 4 aromatic rings. The lowest BCUT2D eigenvalue weighted by Gasteiger charge is -2.13. The molecule has 0 fully saturated rings. The summed E-state index contributed by atoms with van der Waals surface area (Å²) < 4.78 is 46.1. The highest BCUT2D eigenvalue weighted by molar-refractivity contribution is 8.00. The average Bonchev–Trinajstić information content (AvgIpc) is 3.41. The molecule has 0 unspecified atom stereocenters. The Kier molecular flexibility index (Phi) is 5.98. The molecule has 0 saturated carbocycles. The summed E-state index contributed by atoms with van der Waals surface area (Å²) in [6, 6.07) is 10.9. The zero-order chi connectivity index (χ0) is 22.9. The Morgan fingerprint density at radius 2 is 1.91 bits per heavy atom. The van der Waals surface area contributed by atoms with Crippen LogP contribution in [0.3, 0.4) is 0 Å². The molecule has 1 amide bonds. The molecule has 7 nitrogen and oxygen atoms in total. The van der Waals surface area contributed by atoms with Crippen molar-refractivity contribution in [3.8, 4) is 22.0 Å². The van der Waals surface area contributed by atoms with Crippen LogP contribution in [0.1, 0.15) is 27.4 Å². The van der Waals surface area contributed by atoms with Crippen LogP contribution in [0.15, 0.2) is 51.3 Å². The fourth-order valence-electron chi connectivity index (χ4n) is 2.85. The first-order valence-corrected chi connectivity index (χ1v) is 10.9. The molecule has 0 spiro atoms. The number of hydrogen-bond donors (Lipinski definition) is 1. The molecule has 2 aromatic carbocycles. The first-order valence-electron chi connectivity index (χ1n) is 9.08. The van der Waals surface area contributed by atoms with E-state index >= 15 is 0 Å². The zero-order valence-corrected chi connectivity index (χ0v) is 18.0. The van der Waals surface area contributed by atoms with E-state index in [2.05, 4.69) is 20.3 Å². The predicted octanol–water partition coefficient (Wildman–Crippen LogP) is 4.97. The van der Waals surface area contributed by atoms with Crippen molar-refractivity contribution < 1.29 is 22.5 Å². The Bertz CT molecular complexity index is 1270. The number of hydrogen-bond acceptors (Lipinski definition) is 8. The Labute approximate surface area is 187 Å². The number of nitrogens with zero attached hydrogens (tertiary/aromatic N) is 4. The molecule has 0 atom stereocenters. The van der Waals surface area contributed by atoms with E-state index in [1.807, 2.05) is 31.2 Å². The van der Waals surface area contributed by atoms with Crippen molar-refractivity contribution >= 4 is 29.0 Å². The smallest absolute Gasteiger partial charge is 0.366 e. The van der Waals surface area contributed by atoms with Crippen LogP contribution in [-0.2, 0) is 11.9 Å². The van der Waals surface area contributed by atoms with Gasteiger partial charge in [0.05, 0.1) is 16.9 Å². The van der Waals surface area contributed by atoms with Crippen LogP contribution < -0.4 is 5.73 Å². The normalized spacial score (nSPS) is 11.6. The van der Waals surface area contributed by atoms with Crippen molar-refractivity contribution in [3.63, 3.8) is 0 Å². The maximum atomic E-state index is 13.5. The van der Waals surface area contributed by atoms with Crippen LogP contribution in [-0.4, -0.2) is 26.2 Å². The van der Waals surface area contributed by atoms with E-state index in [0.717, 1.165) is 34.6 Å². The number of rotatable bonds is 6. The molecule has 2 aromatic heterocycles. The number of aromatic nitrogens is 4. The number of nitrogens with two attached hydrogens (primary N) is 1. The van der Waals surface area contributed by atoms with Crippen LogP contribution >= 0.6 is 23.1 Å². The second kappa shape index (κ2) is 8.71. The van der Waals surface area contributed by atoms with Gasteiger partial charge >= 0.3 is 6.18 Å². The molecule has 2 heterocycles. The first-order chi connectivity index (χ1) is 15.2. The molecular formula is C20H14F3N5O2S2. The molecule has 164 valence electrons. The minimum atomic E-state index is -4.68. The molecule has 0 aliphatic rings. The lowest BCUT2D eigenvalue weighted by atomic mass is 10.0. The lowest BCUT2D eigenvalue weighted by molar-refractivity contribution is -0.137. The quantitative estimate of drug-likeness (QED) is 0.391. The summed E-state index contributed by atoms with van der Waals surface area (Å²) in [4.78, 5) is 16.0. The van der Waals surface area contributed by atoms with Gasteiger partial charge in [0, 0.05) is 11.1 Å². The molecule has 0 saturated heterocycles. The maximum absolute atomic E-state index is 13.5. The molecule has 2 N–H and O–H groups in total. The summed E-state index contributed by atoms with van der Waals surface area (Å²) in [6.45, 7) is 1.97. The van der Waals surface area contributed by atoms with Gasteiger partial charge in [-0.25, -0.2) is 0 Å². The van der Waals surface area contributed by atoms with Gasteiger partial charge in [-0.2, -0.15) is 18.2 Å². The van der Waals surface area contributed by atoms with Gasteiger partial charge in [-0.3, -0.25) is 4.79 Å². The number of carbonyl (C=O) groups is 1. The van der Waals surface area contributed by atoms with Crippen molar-refractivity contribution in [2.75, 3.05) is 0 Å². The van der Waals surface area contributed by atoms with Gasteiger partial charge in [-0.1, -0.05) is 64.2 Å². The highest BCUT2D eigenvalue weighted by Crippen LogP contribution is 2.41. The van der Waals surface area contributed by atoms with Crippen LogP contribution in [0.5, 0.6) is 0 Å². The second-order valence-electron chi connectivity index (χ2n) is 6.63. The Morgan fingerprint density at radius 3 is 2.59 bits per heavy atom. The second-order valence-corrected chi connectivity index (χ2v) is 8.83. The molecule has 0 aliphatic heterocycles. The number of alkyl halides is 3. The minimum absolute atomic E-state index is 0.0555. The number of primary amides is 1. The number of halogens is 3. The summed E-state index contributed by atoms with van der Waals surface area (Å²) in [5.41, 5.74) is 5.54. The summed E-state index contributed by atoms with van der Waals surface area (Å²) >= 11 is 2.09. The van der Waals surface area contributed by atoms with Crippen molar-refractivity contribution in [2.24, 2.45) is 5.73 Å². The summed E-state index contributed by atoms with van der Waals surface area (Å²) in [5, 5.41) is 11.7. The van der Waals surface area contributed by atoms with Gasteiger partial charge in [-0.05, 0) is 19.1 Å². The average molecular weight is 477 g/mol. The van der Waals surface area contributed by atoms with Gasteiger partial charge < -0.3 is 10.3 Å². The highest BCUT2D eigenvalue weighted by atomic mass is 32.2. The van der Waals surface area contributed by atoms with Gasteiger partial charge in [0.25, 0.3) is 0 Å². The summed E-state index contributed by atoms with van der Waals surface area (Å²) in [6.07, 6.45) is -4.68. The van der Waals surface area contributed by atoms with Crippen molar-refractivity contribution in [3.05, 3.63) is 65.0 Å². The van der Waals surface area contributed by atoms with Gasteiger partial charge in [-0.15, -0.1) is 10.2 Å². The lowest BCUT2D eigenvalue weighted by Crippen LogP contribution is -2.16. The summed E-state index contributed by atoms with van der Waals surface area (Å²) in [5.74, 6) is 0.0291. The van der Waals surface area contributed by atoms with E-state index in [4.69, 9.17) is 10.3 Å². The molecule has 12 heteroatoms. The van der Waals surface area contributed by atoms with Crippen LogP contribution in [0.4, 0.5) is 13.2 Å². The minimum Gasteiger partial charge on any atom is -0.366 e. The predicted molar refractivity (Wildman–Crippen MR) is 113 cm³/mol. The highest BCUT2D eigenvalue weighted by Gasteiger charge is 2.36. The Balaban J connectivity index is 1.55. The van der Waals surface area contributed by atoms with Crippen LogP contribution in [0, 0.1) is 6.92 Å². The Hall–Kier alpha value is -3.25. The van der Waals surface area contributed by atoms with E-state index in [-0.39, 0.29) is 21.9 Å².